The van der Waals surface area contributed by atoms with Crippen molar-refractivity contribution >= 4 is 33.2 Å². The van der Waals surface area contributed by atoms with E-state index >= 15 is 0 Å². The molecule has 13 heavy (non-hydrogen) atoms. The minimum Gasteiger partial charge on any atom is -0.356 e. The van der Waals surface area contributed by atoms with E-state index in [4.69, 9.17) is 0 Å². The third-order valence-electron chi connectivity index (χ3n) is 1.64. The lowest BCUT2D eigenvalue weighted by molar-refractivity contribution is -0.120. The molecule has 0 fully saturated rings. The Kier molecular flexibility index (Phi) is 4.45. The molecule has 2 nitrogen and oxygen atoms in total. The van der Waals surface area contributed by atoms with Gasteiger partial charge < -0.3 is 5.32 Å². The second kappa shape index (κ2) is 5.40. The van der Waals surface area contributed by atoms with Gasteiger partial charge >= 0.3 is 0 Å². The van der Waals surface area contributed by atoms with Crippen molar-refractivity contribution in [2.75, 3.05) is 6.54 Å². The summed E-state index contributed by atoms with van der Waals surface area (Å²) < 4.78 is 1.14. The highest BCUT2D eigenvalue weighted by atomic mass is 79.9. The van der Waals surface area contributed by atoms with Gasteiger partial charge in [-0.2, -0.15) is 0 Å². The van der Waals surface area contributed by atoms with Crippen LogP contribution in [0.2, 0.25) is 0 Å². The third-order valence-corrected chi connectivity index (χ3v) is 3.33. The van der Waals surface area contributed by atoms with Gasteiger partial charge in [-0.25, -0.2) is 0 Å². The average molecular weight is 262 g/mol. The largest absolute Gasteiger partial charge is 0.356 e. The van der Waals surface area contributed by atoms with E-state index in [2.05, 4.69) is 27.3 Å². The molecule has 0 radical (unpaired) electrons. The Labute approximate surface area is 90.5 Å². The van der Waals surface area contributed by atoms with E-state index in [1.54, 1.807) is 11.3 Å². The lowest BCUT2D eigenvalue weighted by Crippen LogP contribution is -2.24. The van der Waals surface area contributed by atoms with Crippen LogP contribution in [0.25, 0.3) is 0 Å². The van der Waals surface area contributed by atoms with Crippen LogP contribution in [-0.4, -0.2) is 12.5 Å². The molecule has 0 bridgehead atoms. The predicted molar refractivity (Wildman–Crippen MR) is 59.0 cm³/mol. The van der Waals surface area contributed by atoms with Crippen LogP contribution in [0, 0.1) is 0 Å². The van der Waals surface area contributed by atoms with E-state index in [1.807, 2.05) is 13.0 Å². The molecule has 1 aromatic heterocycles. The molecule has 4 heteroatoms. The van der Waals surface area contributed by atoms with Crippen molar-refractivity contribution in [1.82, 2.24) is 5.32 Å². The zero-order valence-corrected chi connectivity index (χ0v) is 9.87. The highest BCUT2D eigenvalue weighted by Crippen LogP contribution is 2.21. The molecule has 1 aromatic rings. The number of carbonyl (C=O) groups excluding carboxylic acids is 1. The maximum absolute atomic E-state index is 10.9. The van der Waals surface area contributed by atoms with Gasteiger partial charge in [-0.3, -0.25) is 4.79 Å². The Morgan fingerprint density at radius 3 is 2.92 bits per heavy atom. The topological polar surface area (TPSA) is 29.1 Å². The maximum Gasteiger partial charge on any atom is 0.219 e. The molecular weight excluding hydrogens is 250 g/mol. The Morgan fingerprint density at radius 1 is 1.62 bits per heavy atom. The summed E-state index contributed by atoms with van der Waals surface area (Å²) in [5, 5.41) is 2.84. The second-order valence-electron chi connectivity index (χ2n) is 2.66. The maximum atomic E-state index is 10.9. The smallest absolute Gasteiger partial charge is 0.219 e. The molecule has 0 aliphatic carbocycles. The summed E-state index contributed by atoms with van der Waals surface area (Å²) in [4.78, 5) is 12.2. The van der Waals surface area contributed by atoms with E-state index in [0.717, 1.165) is 16.8 Å². The van der Waals surface area contributed by atoms with Gasteiger partial charge in [0.25, 0.3) is 0 Å². The van der Waals surface area contributed by atoms with Gasteiger partial charge in [0.15, 0.2) is 0 Å². The monoisotopic (exact) mass is 261 g/mol. The number of nitrogens with one attached hydrogen (secondary N) is 1. The van der Waals surface area contributed by atoms with Crippen LogP contribution in [-0.2, 0) is 11.2 Å². The van der Waals surface area contributed by atoms with Gasteiger partial charge in [-0.05, 0) is 34.5 Å². The molecule has 1 heterocycles. The number of thiophene rings is 1. The van der Waals surface area contributed by atoms with Crippen LogP contribution in [0.5, 0.6) is 0 Å². The summed E-state index contributed by atoms with van der Waals surface area (Å²) in [6, 6.07) is 4.11. The molecule has 0 atom stereocenters. The number of halogens is 1. The second-order valence-corrected chi connectivity index (χ2v) is 5.21. The fraction of sp³-hybridized carbons (Fsp3) is 0.444. The Balaban J connectivity index is 2.24. The van der Waals surface area contributed by atoms with Crippen molar-refractivity contribution in [3.05, 3.63) is 20.8 Å². The molecule has 0 saturated heterocycles. The first-order chi connectivity index (χ1) is 6.22. The van der Waals surface area contributed by atoms with Crippen molar-refractivity contribution in [3.8, 4) is 0 Å². The first-order valence-corrected chi connectivity index (χ1v) is 5.84. The van der Waals surface area contributed by atoms with Crippen molar-refractivity contribution < 1.29 is 4.79 Å². The van der Waals surface area contributed by atoms with Gasteiger partial charge in [0.2, 0.25) is 5.91 Å². The van der Waals surface area contributed by atoms with E-state index in [0.29, 0.717) is 6.42 Å². The highest BCUT2D eigenvalue weighted by Gasteiger charge is 1.99. The standard InChI is InChI=1S/C9H12BrNOS/c1-2-9(12)11-6-5-7-3-4-8(10)13-7/h3-4H,2,5-6H2,1H3,(H,11,12). The molecule has 72 valence electrons. The summed E-state index contributed by atoms with van der Waals surface area (Å²) in [7, 11) is 0. The van der Waals surface area contributed by atoms with Crippen LogP contribution in [0.4, 0.5) is 0 Å². The van der Waals surface area contributed by atoms with Gasteiger partial charge in [0.05, 0.1) is 3.79 Å². The van der Waals surface area contributed by atoms with E-state index < -0.39 is 0 Å². The first kappa shape index (κ1) is 10.7. The van der Waals surface area contributed by atoms with Crippen molar-refractivity contribution in [3.63, 3.8) is 0 Å². The molecule has 1 amide bonds. The van der Waals surface area contributed by atoms with E-state index in [-0.39, 0.29) is 5.91 Å². The average Bonchev–Trinajstić information content (AvgIpc) is 2.51. The van der Waals surface area contributed by atoms with Gasteiger partial charge in [0.1, 0.15) is 0 Å². The zero-order valence-electron chi connectivity index (χ0n) is 7.47. The van der Waals surface area contributed by atoms with Crippen LogP contribution in [0.3, 0.4) is 0 Å². The molecule has 1 N–H and O–H groups in total. The molecule has 0 unspecified atom stereocenters. The molecule has 0 spiro atoms. The number of carbonyl (C=O) groups is 1. The van der Waals surface area contributed by atoms with Crippen molar-refractivity contribution in [1.29, 1.82) is 0 Å². The fourth-order valence-electron chi connectivity index (χ4n) is 0.936. The fourth-order valence-corrected chi connectivity index (χ4v) is 2.42. The molecule has 0 aliphatic heterocycles. The van der Waals surface area contributed by atoms with Crippen LogP contribution >= 0.6 is 27.3 Å². The van der Waals surface area contributed by atoms with Crippen LogP contribution < -0.4 is 5.32 Å². The van der Waals surface area contributed by atoms with Crippen molar-refractivity contribution in [2.24, 2.45) is 0 Å². The van der Waals surface area contributed by atoms with Gasteiger partial charge in [-0.15, -0.1) is 11.3 Å². The normalized spacial score (nSPS) is 10.0. The van der Waals surface area contributed by atoms with Gasteiger partial charge in [-0.1, -0.05) is 6.92 Å². The van der Waals surface area contributed by atoms with Crippen LogP contribution in [0.1, 0.15) is 18.2 Å². The predicted octanol–water partition coefficient (Wildman–Crippen LogP) is 2.58. The highest BCUT2D eigenvalue weighted by molar-refractivity contribution is 9.11. The molecule has 0 aromatic carbocycles. The van der Waals surface area contributed by atoms with E-state index in [9.17, 15) is 4.79 Å². The lowest BCUT2D eigenvalue weighted by atomic mass is 10.3. The van der Waals surface area contributed by atoms with E-state index in [1.165, 1.54) is 4.88 Å². The lowest BCUT2D eigenvalue weighted by Gasteiger charge is -2.00. The summed E-state index contributed by atoms with van der Waals surface area (Å²) in [5.41, 5.74) is 0. The minimum absolute atomic E-state index is 0.121. The molecule has 0 aliphatic rings. The Morgan fingerprint density at radius 2 is 2.38 bits per heavy atom. The molecular formula is C9H12BrNOS. The van der Waals surface area contributed by atoms with Crippen molar-refractivity contribution in [2.45, 2.75) is 19.8 Å². The Hall–Kier alpha value is -0.350. The summed E-state index contributed by atoms with van der Waals surface area (Å²) in [6.45, 7) is 2.59. The molecule has 0 saturated carbocycles. The van der Waals surface area contributed by atoms with Gasteiger partial charge in [0, 0.05) is 17.8 Å². The van der Waals surface area contributed by atoms with Crippen LogP contribution in [0.15, 0.2) is 15.9 Å². The molecule has 1 rings (SSSR count). The summed E-state index contributed by atoms with van der Waals surface area (Å²) in [5.74, 6) is 0.121. The number of rotatable bonds is 4. The minimum atomic E-state index is 0.121. The first-order valence-electron chi connectivity index (χ1n) is 4.23. The SMILES string of the molecule is CCC(=O)NCCc1ccc(Br)s1. The Bertz CT molecular complexity index is 285. The number of hydrogen-bond donors (Lipinski definition) is 1. The third kappa shape index (κ3) is 3.91. The quantitative estimate of drug-likeness (QED) is 0.887. The zero-order chi connectivity index (χ0) is 9.68. The summed E-state index contributed by atoms with van der Waals surface area (Å²) >= 11 is 5.11. The summed E-state index contributed by atoms with van der Waals surface area (Å²) in [6.07, 6.45) is 1.48. The number of hydrogen-bond acceptors (Lipinski definition) is 2. The number of amides is 1.